The molecule has 1 fully saturated rings. The van der Waals surface area contributed by atoms with Crippen LogP contribution in [0.4, 0.5) is 11.4 Å². The lowest BCUT2D eigenvalue weighted by Crippen LogP contribution is -2.48. The van der Waals surface area contributed by atoms with Crippen molar-refractivity contribution in [1.29, 1.82) is 0 Å². The molecule has 0 radical (unpaired) electrons. The molecular weight excluding hydrogens is 443 g/mol. The SMILES string of the molecule is CN1CCN(c2ccc(C[C@H](N)C(=O)Nc3ccc(C(=O)O)cc3)cc2)C(=O)C1.Cl.Cl. The first-order valence-electron chi connectivity index (χ1n) is 9.31. The number of halogens is 2. The van der Waals surface area contributed by atoms with E-state index in [1.165, 1.54) is 24.3 Å². The fourth-order valence-corrected chi connectivity index (χ4v) is 3.15. The molecule has 10 heteroatoms. The molecule has 31 heavy (non-hydrogen) atoms. The van der Waals surface area contributed by atoms with Crippen LogP contribution in [0.25, 0.3) is 0 Å². The van der Waals surface area contributed by atoms with Crippen LogP contribution in [0, 0.1) is 0 Å². The second-order valence-electron chi connectivity index (χ2n) is 7.13. The fraction of sp³-hybridized carbons (Fsp3) is 0.286. The highest BCUT2D eigenvalue weighted by atomic mass is 35.5. The molecule has 0 aliphatic carbocycles. The molecule has 2 amide bonds. The summed E-state index contributed by atoms with van der Waals surface area (Å²) in [5, 5.41) is 11.6. The van der Waals surface area contributed by atoms with Crippen LogP contribution in [0.5, 0.6) is 0 Å². The Bertz CT molecular complexity index is 907. The van der Waals surface area contributed by atoms with Gasteiger partial charge >= 0.3 is 5.97 Å². The number of amides is 2. The quantitative estimate of drug-likeness (QED) is 0.596. The molecule has 168 valence electrons. The van der Waals surface area contributed by atoms with Crippen LogP contribution >= 0.6 is 24.8 Å². The number of carbonyl (C=O) groups excluding carboxylic acids is 2. The Balaban J connectivity index is 0.00000240. The number of benzene rings is 2. The van der Waals surface area contributed by atoms with Gasteiger partial charge in [-0.25, -0.2) is 4.79 Å². The number of carboxylic acid groups (broad SMARTS) is 1. The summed E-state index contributed by atoms with van der Waals surface area (Å²) in [6, 6.07) is 12.6. The number of nitrogens with one attached hydrogen (secondary N) is 1. The van der Waals surface area contributed by atoms with Gasteiger partial charge in [-0.3, -0.25) is 14.5 Å². The summed E-state index contributed by atoms with van der Waals surface area (Å²) < 4.78 is 0. The minimum Gasteiger partial charge on any atom is -0.478 e. The summed E-state index contributed by atoms with van der Waals surface area (Å²) in [5.74, 6) is -1.32. The highest BCUT2D eigenvalue weighted by Gasteiger charge is 2.23. The predicted octanol–water partition coefficient (Wildman–Crippen LogP) is 2.02. The Hall–Kier alpha value is -2.65. The van der Waals surface area contributed by atoms with Crippen molar-refractivity contribution in [3.8, 4) is 0 Å². The topological polar surface area (TPSA) is 116 Å². The maximum Gasteiger partial charge on any atom is 0.335 e. The Labute approximate surface area is 193 Å². The summed E-state index contributed by atoms with van der Waals surface area (Å²) >= 11 is 0. The van der Waals surface area contributed by atoms with Gasteiger partial charge in [-0.1, -0.05) is 12.1 Å². The van der Waals surface area contributed by atoms with E-state index in [2.05, 4.69) is 5.32 Å². The average Bonchev–Trinajstić information content (AvgIpc) is 2.69. The monoisotopic (exact) mass is 468 g/mol. The van der Waals surface area contributed by atoms with Gasteiger partial charge in [0.1, 0.15) is 0 Å². The number of nitrogens with zero attached hydrogens (tertiary/aromatic N) is 2. The second kappa shape index (κ2) is 11.7. The van der Waals surface area contributed by atoms with Crippen molar-refractivity contribution in [3.63, 3.8) is 0 Å². The first-order chi connectivity index (χ1) is 13.8. The Morgan fingerprint density at radius 3 is 2.23 bits per heavy atom. The molecule has 1 heterocycles. The number of nitrogens with two attached hydrogens (primary N) is 1. The van der Waals surface area contributed by atoms with E-state index in [9.17, 15) is 14.4 Å². The molecule has 4 N–H and O–H groups in total. The van der Waals surface area contributed by atoms with Gasteiger partial charge in [-0.05, 0) is 55.4 Å². The van der Waals surface area contributed by atoms with Gasteiger partial charge in [0.15, 0.2) is 0 Å². The van der Waals surface area contributed by atoms with Crippen LogP contribution in [0.3, 0.4) is 0 Å². The van der Waals surface area contributed by atoms with Crippen LogP contribution in [-0.4, -0.2) is 60.5 Å². The van der Waals surface area contributed by atoms with Gasteiger partial charge in [-0.2, -0.15) is 0 Å². The third kappa shape index (κ3) is 6.93. The zero-order valence-corrected chi connectivity index (χ0v) is 18.6. The van der Waals surface area contributed by atoms with E-state index in [0.717, 1.165) is 17.8 Å². The van der Waals surface area contributed by atoms with Gasteiger partial charge in [0.25, 0.3) is 0 Å². The van der Waals surface area contributed by atoms with E-state index in [4.69, 9.17) is 10.8 Å². The Kier molecular flexibility index (Phi) is 9.93. The van der Waals surface area contributed by atoms with Crippen LogP contribution in [-0.2, 0) is 16.0 Å². The lowest BCUT2D eigenvalue weighted by molar-refractivity contribution is -0.121. The second-order valence-corrected chi connectivity index (χ2v) is 7.13. The molecule has 0 aromatic heterocycles. The van der Waals surface area contributed by atoms with Gasteiger partial charge in [0, 0.05) is 24.5 Å². The van der Waals surface area contributed by atoms with E-state index < -0.39 is 12.0 Å². The number of likely N-dealkylation sites (N-methyl/N-ethyl adjacent to an activating group) is 1. The number of rotatable bonds is 6. The van der Waals surface area contributed by atoms with Gasteiger partial charge in [0.2, 0.25) is 11.8 Å². The van der Waals surface area contributed by atoms with E-state index >= 15 is 0 Å². The molecule has 1 saturated heterocycles. The predicted molar refractivity (Wildman–Crippen MR) is 124 cm³/mol. The number of piperazine rings is 1. The Morgan fingerprint density at radius 1 is 1.06 bits per heavy atom. The number of anilines is 2. The summed E-state index contributed by atoms with van der Waals surface area (Å²) in [7, 11) is 1.92. The van der Waals surface area contributed by atoms with Crippen molar-refractivity contribution >= 4 is 54.0 Å². The smallest absolute Gasteiger partial charge is 0.335 e. The molecule has 1 aliphatic rings. The highest BCUT2D eigenvalue weighted by Crippen LogP contribution is 2.19. The van der Waals surface area contributed by atoms with Gasteiger partial charge in [-0.15, -0.1) is 24.8 Å². The standard InChI is InChI=1S/C21H24N4O4.2ClH/c1-24-10-11-25(19(26)13-24)17-8-2-14(3-9-17)12-18(22)20(27)23-16-6-4-15(5-7-16)21(28)29;;/h2-9,18H,10-13,22H2,1H3,(H,23,27)(H,28,29);2*1H/t18-;;/m0../s1. The lowest BCUT2D eigenvalue weighted by Gasteiger charge is -2.32. The Morgan fingerprint density at radius 2 is 1.68 bits per heavy atom. The first-order valence-corrected chi connectivity index (χ1v) is 9.31. The maximum atomic E-state index is 12.3. The summed E-state index contributed by atoms with van der Waals surface area (Å²) in [5.41, 5.74) is 8.37. The molecule has 0 bridgehead atoms. The molecule has 0 saturated carbocycles. The highest BCUT2D eigenvalue weighted by molar-refractivity contribution is 5.96. The van der Waals surface area contributed by atoms with Crippen molar-refractivity contribution in [2.45, 2.75) is 12.5 Å². The van der Waals surface area contributed by atoms with Crippen LogP contribution in [0.15, 0.2) is 48.5 Å². The van der Waals surface area contributed by atoms with Crippen molar-refractivity contribution in [3.05, 3.63) is 59.7 Å². The number of hydrogen-bond acceptors (Lipinski definition) is 5. The molecule has 1 aliphatic heterocycles. The maximum absolute atomic E-state index is 12.3. The number of carboxylic acids is 1. The third-order valence-corrected chi connectivity index (χ3v) is 4.85. The number of aromatic carboxylic acids is 1. The molecule has 0 unspecified atom stereocenters. The number of carbonyl (C=O) groups is 3. The molecule has 0 spiro atoms. The minimum absolute atomic E-state index is 0. The molecule has 3 rings (SSSR count). The zero-order valence-electron chi connectivity index (χ0n) is 17.0. The summed E-state index contributed by atoms with van der Waals surface area (Å²) in [6.45, 7) is 1.88. The van der Waals surface area contributed by atoms with Crippen LogP contribution in [0.1, 0.15) is 15.9 Å². The van der Waals surface area contributed by atoms with Crippen molar-refractivity contribution in [2.24, 2.45) is 5.73 Å². The fourth-order valence-electron chi connectivity index (χ4n) is 3.15. The van der Waals surface area contributed by atoms with Crippen molar-refractivity contribution in [1.82, 2.24) is 4.90 Å². The summed E-state index contributed by atoms with van der Waals surface area (Å²) in [4.78, 5) is 39.1. The minimum atomic E-state index is -1.03. The van der Waals surface area contributed by atoms with E-state index in [1.807, 2.05) is 36.2 Å². The van der Waals surface area contributed by atoms with Crippen LogP contribution in [0.2, 0.25) is 0 Å². The van der Waals surface area contributed by atoms with E-state index in [0.29, 0.717) is 25.2 Å². The van der Waals surface area contributed by atoms with Crippen molar-refractivity contribution in [2.75, 3.05) is 36.9 Å². The molecule has 1 atom stereocenters. The largest absolute Gasteiger partial charge is 0.478 e. The molecule has 2 aromatic rings. The van der Waals surface area contributed by atoms with Crippen LogP contribution < -0.4 is 16.0 Å². The average molecular weight is 469 g/mol. The molecule has 2 aromatic carbocycles. The summed E-state index contributed by atoms with van der Waals surface area (Å²) in [6.07, 6.45) is 0.343. The van der Waals surface area contributed by atoms with Crippen molar-refractivity contribution < 1.29 is 19.5 Å². The zero-order chi connectivity index (χ0) is 21.0. The number of hydrogen-bond donors (Lipinski definition) is 3. The van der Waals surface area contributed by atoms with E-state index in [-0.39, 0.29) is 42.2 Å². The lowest BCUT2D eigenvalue weighted by atomic mass is 10.0. The third-order valence-electron chi connectivity index (χ3n) is 4.85. The van der Waals surface area contributed by atoms with Gasteiger partial charge < -0.3 is 21.1 Å². The van der Waals surface area contributed by atoms with E-state index in [1.54, 1.807) is 4.90 Å². The van der Waals surface area contributed by atoms with Gasteiger partial charge in [0.05, 0.1) is 18.2 Å². The molecule has 8 nitrogen and oxygen atoms in total. The molecular formula is C21H26Cl2N4O4. The normalized spacial score (nSPS) is 14.8. The first kappa shape index (κ1) is 26.4.